The summed E-state index contributed by atoms with van der Waals surface area (Å²) in [4.78, 5) is 14.0. The normalized spacial score (nSPS) is 28.5. The molecule has 1 rings (SSSR count). The smallest absolute Gasteiger partial charge is 0.240 e. The summed E-state index contributed by atoms with van der Waals surface area (Å²) in [5, 5.41) is 3.36. The lowest BCUT2D eigenvalue weighted by Crippen LogP contribution is -2.44. The van der Waals surface area contributed by atoms with Crippen molar-refractivity contribution < 1.29 is 4.79 Å². The number of amides is 1. The van der Waals surface area contributed by atoms with E-state index in [2.05, 4.69) is 25.4 Å². The predicted octanol–water partition coefficient (Wildman–Crippen LogP) is 1.68. The summed E-state index contributed by atoms with van der Waals surface area (Å²) in [5.41, 5.74) is 0. The van der Waals surface area contributed by atoms with Gasteiger partial charge in [-0.25, -0.2) is 0 Å². The molecule has 0 aromatic carbocycles. The second-order valence-corrected chi connectivity index (χ2v) is 5.15. The Hall–Kier alpha value is -0.220. The van der Waals surface area contributed by atoms with Crippen molar-refractivity contribution in [3.63, 3.8) is 0 Å². The van der Waals surface area contributed by atoms with E-state index in [1.165, 1.54) is 0 Å². The van der Waals surface area contributed by atoms with E-state index in [4.69, 9.17) is 0 Å². The van der Waals surface area contributed by atoms with Crippen molar-refractivity contribution in [1.82, 2.24) is 10.2 Å². The van der Waals surface area contributed by atoms with Crippen molar-refractivity contribution >= 4 is 17.7 Å². The SMILES string of the molecule is CCCC1NC(C)C(=O)N1C(C)CSC. The van der Waals surface area contributed by atoms with E-state index in [-0.39, 0.29) is 18.1 Å². The fourth-order valence-corrected chi connectivity index (χ4v) is 2.80. The third-order valence-corrected chi connectivity index (χ3v) is 3.66. The second-order valence-electron chi connectivity index (χ2n) is 4.24. The highest BCUT2D eigenvalue weighted by atomic mass is 32.2. The van der Waals surface area contributed by atoms with Gasteiger partial charge in [-0.1, -0.05) is 13.3 Å². The Kier molecular flexibility index (Phi) is 4.93. The summed E-state index contributed by atoms with van der Waals surface area (Å²) in [6.07, 6.45) is 4.50. The van der Waals surface area contributed by atoms with Crippen LogP contribution >= 0.6 is 11.8 Å². The van der Waals surface area contributed by atoms with E-state index >= 15 is 0 Å². The van der Waals surface area contributed by atoms with Gasteiger partial charge in [-0.05, 0) is 26.5 Å². The van der Waals surface area contributed by atoms with Crippen LogP contribution in [0.1, 0.15) is 33.6 Å². The molecule has 0 aliphatic carbocycles. The molecule has 1 N–H and O–H groups in total. The maximum atomic E-state index is 12.0. The molecular formula is C11H22N2OS. The molecule has 0 saturated carbocycles. The van der Waals surface area contributed by atoms with Gasteiger partial charge in [0.2, 0.25) is 5.91 Å². The zero-order valence-corrected chi connectivity index (χ0v) is 10.9. The molecule has 0 radical (unpaired) electrons. The van der Waals surface area contributed by atoms with E-state index in [1.807, 2.05) is 11.8 Å². The molecule has 1 aliphatic heterocycles. The van der Waals surface area contributed by atoms with Crippen molar-refractivity contribution in [2.45, 2.75) is 51.9 Å². The summed E-state index contributed by atoms with van der Waals surface area (Å²) < 4.78 is 0. The van der Waals surface area contributed by atoms with Crippen LogP contribution in [0.4, 0.5) is 0 Å². The van der Waals surface area contributed by atoms with E-state index in [0.29, 0.717) is 6.04 Å². The van der Waals surface area contributed by atoms with Gasteiger partial charge in [0.15, 0.2) is 0 Å². The Labute approximate surface area is 97.0 Å². The lowest BCUT2D eigenvalue weighted by atomic mass is 10.2. The van der Waals surface area contributed by atoms with Gasteiger partial charge in [0.25, 0.3) is 0 Å². The molecule has 0 spiro atoms. The summed E-state index contributed by atoms with van der Waals surface area (Å²) in [7, 11) is 0. The first kappa shape index (κ1) is 12.8. The Balaban J connectivity index is 2.67. The maximum Gasteiger partial charge on any atom is 0.240 e. The Morgan fingerprint density at radius 2 is 2.27 bits per heavy atom. The average molecular weight is 230 g/mol. The summed E-state index contributed by atoms with van der Waals surface area (Å²) >= 11 is 1.80. The van der Waals surface area contributed by atoms with Crippen LogP contribution in [0, 0.1) is 0 Å². The van der Waals surface area contributed by atoms with Crippen LogP contribution in [-0.4, -0.2) is 41.1 Å². The van der Waals surface area contributed by atoms with Gasteiger partial charge in [-0.2, -0.15) is 11.8 Å². The number of thioether (sulfide) groups is 1. The largest absolute Gasteiger partial charge is 0.322 e. The van der Waals surface area contributed by atoms with Crippen molar-refractivity contribution in [2.75, 3.05) is 12.0 Å². The fraction of sp³-hybridized carbons (Fsp3) is 0.909. The lowest BCUT2D eigenvalue weighted by Gasteiger charge is -2.29. The number of nitrogens with one attached hydrogen (secondary N) is 1. The first-order valence-electron chi connectivity index (χ1n) is 5.69. The van der Waals surface area contributed by atoms with Crippen LogP contribution in [-0.2, 0) is 4.79 Å². The Bertz CT molecular complexity index is 223. The van der Waals surface area contributed by atoms with Crippen LogP contribution in [0.3, 0.4) is 0 Å². The second kappa shape index (κ2) is 5.75. The minimum absolute atomic E-state index is 0.00847. The monoisotopic (exact) mass is 230 g/mol. The van der Waals surface area contributed by atoms with Crippen LogP contribution in [0.2, 0.25) is 0 Å². The number of rotatable bonds is 5. The molecule has 0 bridgehead atoms. The van der Waals surface area contributed by atoms with Gasteiger partial charge in [-0.3, -0.25) is 10.1 Å². The topological polar surface area (TPSA) is 32.3 Å². The number of carbonyl (C=O) groups excluding carboxylic acids is 1. The Morgan fingerprint density at radius 1 is 1.60 bits per heavy atom. The first-order chi connectivity index (χ1) is 7.11. The van der Waals surface area contributed by atoms with Gasteiger partial charge in [0.05, 0.1) is 12.2 Å². The molecule has 3 nitrogen and oxygen atoms in total. The standard InChI is InChI=1S/C11H22N2OS/c1-5-6-10-12-9(3)11(14)13(10)8(2)7-15-4/h8-10,12H,5-7H2,1-4H3. The quantitative estimate of drug-likeness (QED) is 0.780. The number of hydrogen-bond donors (Lipinski definition) is 1. The van der Waals surface area contributed by atoms with Crippen LogP contribution in [0.25, 0.3) is 0 Å². The molecule has 1 amide bonds. The highest BCUT2D eigenvalue weighted by molar-refractivity contribution is 7.98. The molecule has 4 heteroatoms. The molecule has 1 saturated heterocycles. The zero-order valence-electron chi connectivity index (χ0n) is 10.1. The molecule has 1 heterocycles. The summed E-state index contributed by atoms with van der Waals surface area (Å²) in [6, 6.07) is 0.326. The molecule has 1 fully saturated rings. The maximum absolute atomic E-state index is 12.0. The van der Waals surface area contributed by atoms with Gasteiger partial charge < -0.3 is 4.90 Å². The molecular weight excluding hydrogens is 208 g/mol. The van der Waals surface area contributed by atoms with Crippen LogP contribution in [0.5, 0.6) is 0 Å². The van der Waals surface area contributed by atoms with Crippen molar-refractivity contribution in [2.24, 2.45) is 0 Å². The first-order valence-corrected chi connectivity index (χ1v) is 7.08. The molecule has 1 aliphatic rings. The van der Waals surface area contributed by atoms with Crippen molar-refractivity contribution in [3.8, 4) is 0 Å². The molecule has 0 aromatic heterocycles. The number of hydrogen-bond acceptors (Lipinski definition) is 3. The molecule has 15 heavy (non-hydrogen) atoms. The average Bonchev–Trinajstić information content (AvgIpc) is 2.44. The van der Waals surface area contributed by atoms with Crippen LogP contribution < -0.4 is 5.32 Å². The van der Waals surface area contributed by atoms with Gasteiger partial charge in [-0.15, -0.1) is 0 Å². The highest BCUT2D eigenvalue weighted by Crippen LogP contribution is 2.19. The molecule has 3 unspecified atom stereocenters. The predicted molar refractivity (Wildman–Crippen MR) is 66.0 cm³/mol. The van der Waals surface area contributed by atoms with Crippen LogP contribution in [0.15, 0.2) is 0 Å². The number of carbonyl (C=O) groups is 1. The Morgan fingerprint density at radius 3 is 2.80 bits per heavy atom. The van der Waals surface area contributed by atoms with Gasteiger partial charge in [0, 0.05) is 11.8 Å². The van der Waals surface area contributed by atoms with E-state index < -0.39 is 0 Å². The minimum Gasteiger partial charge on any atom is -0.322 e. The van der Waals surface area contributed by atoms with Crippen molar-refractivity contribution in [3.05, 3.63) is 0 Å². The zero-order chi connectivity index (χ0) is 11.4. The van der Waals surface area contributed by atoms with Gasteiger partial charge >= 0.3 is 0 Å². The summed E-state index contributed by atoms with van der Waals surface area (Å²) in [6.45, 7) is 6.25. The fourth-order valence-electron chi connectivity index (χ4n) is 2.16. The van der Waals surface area contributed by atoms with E-state index in [0.717, 1.165) is 18.6 Å². The molecule has 0 aromatic rings. The third-order valence-electron chi connectivity index (χ3n) is 2.85. The van der Waals surface area contributed by atoms with E-state index in [1.54, 1.807) is 11.8 Å². The highest BCUT2D eigenvalue weighted by Gasteiger charge is 2.37. The van der Waals surface area contributed by atoms with E-state index in [9.17, 15) is 4.79 Å². The third kappa shape index (κ3) is 2.88. The van der Waals surface area contributed by atoms with Crippen molar-refractivity contribution in [1.29, 1.82) is 0 Å². The molecule has 3 atom stereocenters. The number of nitrogens with zero attached hydrogens (tertiary/aromatic N) is 1. The summed E-state index contributed by atoms with van der Waals surface area (Å²) in [5.74, 6) is 1.27. The minimum atomic E-state index is -0.00847. The van der Waals surface area contributed by atoms with Gasteiger partial charge in [0.1, 0.15) is 0 Å². The lowest BCUT2D eigenvalue weighted by molar-refractivity contribution is -0.131. The molecule has 88 valence electrons.